The molecule has 0 spiro atoms. The third-order valence-electron chi connectivity index (χ3n) is 8.27. The number of piperidine rings is 1. The number of alkyl halides is 6. The number of carbonyl (C=O) groups is 1. The van der Waals surface area contributed by atoms with Crippen LogP contribution in [-0.4, -0.2) is 34.7 Å². The summed E-state index contributed by atoms with van der Waals surface area (Å²) in [4.78, 5) is 13.7. The van der Waals surface area contributed by atoms with Crippen LogP contribution in [0, 0.1) is 17.8 Å². The Morgan fingerprint density at radius 1 is 1.00 bits per heavy atom. The number of hydrogen-bond acceptors (Lipinski definition) is 2. The van der Waals surface area contributed by atoms with Gasteiger partial charge in [0.1, 0.15) is 0 Å². The van der Waals surface area contributed by atoms with E-state index in [4.69, 9.17) is 0 Å². The summed E-state index contributed by atoms with van der Waals surface area (Å²) in [6.07, 6.45) is -1.71. The van der Waals surface area contributed by atoms with E-state index in [9.17, 15) is 36.2 Å². The topological polar surface area (TPSA) is 40.5 Å². The van der Waals surface area contributed by atoms with E-state index in [2.05, 4.69) is 0 Å². The van der Waals surface area contributed by atoms with Gasteiger partial charge >= 0.3 is 18.3 Å². The number of likely N-dealkylation sites (tertiary alicyclic amines) is 1. The number of carboxylic acid groups (broad SMARTS) is 1. The number of aliphatic carboxylic acids is 1. The number of carboxylic acids is 1. The summed E-state index contributed by atoms with van der Waals surface area (Å²) < 4.78 is 79.1. The molecule has 2 aliphatic rings. The zero-order valence-corrected chi connectivity index (χ0v) is 20.8. The SMILES string of the molecule is CC(C(=O)O)[C@@H]1CCN([C@H](CCC2CCCCC2)CCC(F)(F)F)[C@H](c2ccc(C(F)(F)F)cc2)C1. The maximum Gasteiger partial charge on any atom is 0.416 e. The maximum absolute atomic E-state index is 13.2. The number of nitrogens with zero attached hydrogens (tertiary/aromatic N) is 1. The third-order valence-corrected chi connectivity index (χ3v) is 8.27. The molecule has 1 aromatic carbocycles. The van der Waals surface area contributed by atoms with E-state index in [1.807, 2.05) is 4.90 Å². The van der Waals surface area contributed by atoms with Crippen molar-refractivity contribution in [1.29, 1.82) is 0 Å². The minimum atomic E-state index is -4.49. The Morgan fingerprint density at radius 2 is 1.64 bits per heavy atom. The summed E-state index contributed by atoms with van der Waals surface area (Å²) >= 11 is 0. The van der Waals surface area contributed by atoms with Gasteiger partial charge in [0, 0.05) is 18.5 Å². The molecule has 1 aliphatic heterocycles. The van der Waals surface area contributed by atoms with Crippen molar-refractivity contribution in [3.05, 3.63) is 35.4 Å². The molecule has 1 saturated heterocycles. The first kappa shape index (κ1) is 28.8. The van der Waals surface area contributed by atoms with E-state index in [0.717, 1.165) is 44.2 Å². The van der Waals surface area contributed by atoms with Crippen molar-refractivity contribution >= 4 is 5.97 Å². The lowest BCUT2D eigenvalue weighted by Crippen LogP contribution is -2.46. The first-order chi connectivity index (χ1) is 16.8. The standard InChI is InChI=1S/C27H37F6NO2/c1-18(25(35)36)21-14-16-34(24(17-21)20-8-10-22(11-9-20)27(31,32)33)23(13-15-26(28,29)30)12-7-19-5-3-2-4-6-19/h8-11,18-19,21,23-24H,2-7,12-17H2,1H3,(H,35,36)/t18?,21-,23-,24+/m1/s1. The molecule has 36 heavy (non-hydrogen) atoms. The molecule has 1 aliphatic carbocycles. The average Bonchev–Trinajstić information content (AvgIpc) is 2.83. The molecular formula is C27H37F6NO2. The normalized spacial score (nSPS) is 24.4. The summed E-state index contributed by atoms with van der Waals surface area (Å²) in [7, 11) is 0. The molecule has 0 bridgehead atoms. The quantitative estimate of drug-likeness (QED) is 0.333. The Morgan fingerprint density at radius 3 is 2.19 bits per heavy atom. The molecule has 1 saturated carbocycles. The van der Waals surface area contributed by atoms with Crippen LogP contribution >= 0.6 is 0 Å². The fraction of sp³-hybridized carbons (Fsp3) is 0.741. The predicted molar refractivity (Wildman–Crippen MR) is 125 cm³/mol. The molecule has 1 unspecified atom stereocenters. The van der Waals surface area contributed by atoms with Crippen molar-refractivity contribution in [3.8, 4) is 0 Å². The van der Waals surface area contributed by atoms with Crippen LogP contribution in [0.4, 0.5) is 26.3 Å². The Hall–Kier alpha value is -1.77. The minimum Gasteiger partial charge on any atom is -0.481 e. The van der Waals surface area contributed by atoms with Crippen LogP contribution in [0.5, 0.6) is 0 Å². The van der Waals surface area contributed by atoms with Crippen LogP contribution in [0.1, 0.15) is 94.7 Å². The zero-order chi connectivity index (χ0) is 26.5. The van der Waals surface area contributed by atoms with Crippen molar-refractivity contribution in [2.45, 2.75) is 102 Å². The zero-order valence-electron chi connectivity index (χ0n) is 20.8. The predicted octanol–water partition coefficient (Wildman–Crippen LogP) is 8.25. The molecule has 3 rings (SSSR count). The Labute approximate surface area is 209 Å². The van der Waals surface area contributed by atoms with E-state index >= 15 is 0 Å². The monoisotopic (exact) mass is 521 g/mol. The van der Waals surface area contributed by atoms with Gasteiger partial charge < -0.3 is 5.11 Å². The van der Waals surface area contributed by atoms with Crippen LogP contribution in [0.25, 0.3) is 0 Å². The molecule has 0 amide bonds. The highest BCUT2D eigenvalue weighted by Crippen LogP contribution is 2.42. The molecule has 1 heterocycles. The van der Waals surface area contributed by atoms with Gasteiger partial charge in [0.15, 0.2) is 0 Å². The molecule has 1 N–H and O–H groups in total. The number of benzene rings is 1. The van der Waals surface area contributed by atoms with Gasteiger partial charge in [-0.15, -0.1) is 0 Å². The van der Waals surface area contributed by atoms with Gasteiger partial charge in [-0.2, -0.15) is 26.3 Å². The summed E-state index contributed by atoms with van der Waals surface area (Å²) in [6, 6.07) is 4.03. The second-order valence-corrected chi connectivity index (χ2v) is 10.7. The molecule has 1 aromatic rings. The maximum atomic E-state index is 13.2. The average molecular weight is 522 g/mol. The molecule has 2 fully saturated rings. The summed E-state index contributed by atoms with van der Waals surface area (Å²) in [5.41, 5.74) is -0.185. The summed E-state index contributed by atoms with van der Waals surface area (Å²) in [5, 5.41) is 9.53. The van der Waals surface area contributed by atoms with E-state index < -0.39 is 42.3 Å². The smallest absolute Gasteiger partial charge is 0.416 e. The van der Waals surface area contributed by atoms with Crippen molar-refractivity contribution in [2.24, 2.45) is 17.8 Å². The lowest BCUT2D eigenvalue weighted by molar-refractivity contribution is -0.145. The first-order valence-electron chi connectivity index (χ1n) is 13.1. The van der Waals surface area contributed by atoms with Crippen LogP contribution < -0.4 is 0 Å². The second-order valence-electron chi connectivity index (χ2n) is 10.7. The molecule has 0 radical (unpaired) electrons. The van der Waals surface area contributed by atoms with E-state index in [0.29, 0.717) is 37.3 Å². The van der Waals surface area contributed by atoms with Crippen molar-refractivity contribution < 1.29 is 36.2 Å². The Bertz CT molecular complexity index is 832. The molecule has 4 atom stereocenters. The molecular weight excluding hydrogens is 484 g/mol. The highest BCUT2D eigenvalue weighted by atomic mass is 19.4. The van der Waals surface area contributed by atoms with Crippen molar-refractivity contribution in [2.75, 3.05) is 6.54 Å². The van der Waals surface area contributed by atoms with Crippen LogP contribution in [0.2, 0.25) is 0 Å². The largest absolute Gasteiger partial charge is 0.481 e. The van der Waals surface area contributed by atoms with E-state index in [1.165, 1.54) is 18.6 Å². The van der Waals surface area contributed by atoms with Gasteiger partial charge in [0.25, 0.3) is 0 Å². The lowest BCUT2D eigenvalue weighted by atomic mass is 9.78. The Balaban J connectivity index is 1.86. The Kier molecular flexibility index (Phi) is 9.74. The van der Waals surface area contributed by atoms with Crippen molar-refractivity contribution in [3.63, 3.8) is 0 Å². The van der Waals surface area contributed by atoms with E-state index in [1.54, 1.807) is 6.92 Å². The fourth-order valence-electron chi connectivity index (χ4n) is 6.04. The van der Waals surface area contributed by atoms with Gasteiger partial charge in [-0.25, -0.2) is 0 Å². The van der Waals surface area contributed by atoms with Gasteiger partial charge in [-0.1, -0.05) is 51.2 Å². The molecule has 204 valence electrons. The summed E-state index contributed by atoms with van der Waals surface area (Å²) in [6.45, 7) is 2.05. The second kappa shape index (κ2) is 12.2. The molecule has 0 aromatic heterocycles. The number of halogens is 6. The highest BCUT2D eigenvalue weighted by molar-refractivity contribution is 5.69. The molecule has 9 heteroatoms. The third kappa shape index (κ3) is 8.12. The first-order valence-corrected chi connectivity index (χ1v) is 13.1. The minimum absolute atomic E-state index is 0.0630. The fourth-order valence-corrected chi connectivity index (χ4v) is 6.04. The number of rotatable bonds is 9. The highest BCUT2D eigenvalue weighted by Gasteiger charge is 2.39. The van der Waals surface area contributed by atoms with Crippen LogP contribution in [0.3, 0.4) is 0 Å². The van der Waals surface area contributed by atoms with Gasteiger partial charge in [-0.05, 0) is 68.2 Å². The molecule has 3 nitrogen and oxygen atoms in total. The van der Waals surface area contributed by atoms with Crippen molar-refractivity contribution in [1.82, 2.24) is 4.90 Å². The van der Waals surface area contributed by atoms with Crippen LogP contribution in [-0.2, 0) is 11.0 Å². The summed E-state index contributed by atoms with van der Waals surface area (Å²) in [5.74, 6) is -1.28. The van der Waals surface area contributed by atoms with Gasteiger partial charge in [0.05, 0.1) is 11.5 Å². The van der Waals surface area contributed by atoms with Gasteiger partial charge in [-0.3, -0.25) is 9.69 Å². The van der Waals surface area contributed by atoms with Crippen LogP contribution in [0.15, 0.2) is 24.3 Å². The number of hydrogen-bond donors (Lipinski definition) is 1. The van der Waals surface area contributed by atoms with Gasteiger partial charge in [0.2, 0.25) is 0 Å². The van der Waals surface area contributed by atoms with E-state index in [-0.39, 0.29) is 18.4 Å². The lowest BCUT2D eigenvalue weighted by Gasteiger charge is -2.45.